The van der Waals surface area contributed by atoms with Gasteiger partial charge >= 0.3 is 0 Å². The number of halogens is 2. The minimum Gasteiger partial charge on any atom is -0.330 e. The Morgan fingerprint density at radius 2 is 2.22 bits per heavy atom. The molecule has 3 N–H and O–H groups in total. The van der Waals surface area contributed by atoms with E-state index in [9.17, 15) is 4.39 Å². The lowest BCUT2D eigenvalue weighted by molar-refractivity contribution is 0.488. The van der Waals surface area contributed by atoms with Gasteiger partial charge in [-0.3, -0.25) is 0 Å². The third-order valence-corrected chi connectivity index (χ3v) is 3.17. The van der Waals surface area contributed by atoms with Gasteiger partial charge in [0.1, 0.15) is 5.82 Å². The van der Waals surface area contributed by atoms with E-state index in [0.717, 1.165) is 37.9 Å². The van der Waals surface area contributed by atoms with Crippen LogP contribution in [-0.2, 0) is 0 Å². The highest BCUT2D eigenvalue weighted by Crippen LogP contribution is 2.24. The molecule has 100 valence electrons. The van der Waals surface area contributed by atoms with Crippen LogP contribution in [0.4, 0.5) is 4.39 Å². The van der Waals surface area contributed by atoms with E-state index >= 15 is 0 Å². The zero-order chi connectivity index (χ0) is 12.1. The molecule has 18 heavy (non-hydrogen) atoms. The predicted molar refractivity (Wildman–Crippen MR) is 76.3 cm³/mol. The van der Waals surface area contributed by atoms with Crippen LogP contribution in [0.3, 0.4) is 0 Å². The fourth-order valence-corrected chi connectivity index (χ4v) is 2.26. The Hall–Kier alpha value is -0.900. The second kappa shape index (κ2) is 7.52. The molecule has 0 spiro atoms. The van der Waals surface area contributed by atoms with Gasteiger partial charge in [-0.05, 0) is 49.1 Å². The molecule has 1 aromatic carbocycles. The maximum atomic E-state index is 13.2. The molecule has 0 aliphatic carbocycles. The van der Waals surface area contributed by atoms with Crippen LogP contribution in [0, 0.1) is 5.82 Å². The second-order valence-electron chi connectivity index (χ2n) is 4.48. The highest BCUT2D eigenvalue weighted by molar-refractivity contribution is 5.85. The minimum atomic E-state index is -0.166. The number of rotatable bonds is 4. The summed E-state index contributed by atoms with van der Waals surface area (Å²) in [6.07, 6.45) is 5.23. The molecule has 2 rings (SSSR count). The smallest absolute Gasteiger partial charge is 0.123 e. The Bertz CT molecular complexity index is 407. The average Bonchev–Trinajstić information content (AvgIpc) is 2.37. The van der Waals surface area contributed by atoms with E-state index in [1.54, 1.807) is 12.1 Å². The highest BCUT2D eigenvalue weighted by Gasteiger charge is 2.15. The van der Waals surface area contributed by atoms with Gasteiger partial charge in [0.15, 0.2) is 0 Å². The third kappa shape index (κ3) is 4.09. The molecule has 4 heteroatoms. The molecule has 1 aromatic rings. The Kier molecular flexibility index (Phi) is 6.33. The maximum absolute atomic E-state index is 13.2. The molecule has 0 bridgehead atoms. The van der Waals surface area contributed by atoms with Crippen LogP contribution < -0.4 is 11.1 Å². The van der Waals surface area contributed by atoms with Crippen LogP contribution in [0.5, 0.6) is 0 Å². The molecular formula is C14H20ClFN2. The Balaban J connectivity index is 0.00000162. The summed E-state index contributed by atoms with van der Waals surface area (Å²) in [7, 11) is 0. The van der Waals surface area contributed by atoms with E-state index in [4.69, 9.17) is 5.73 Å². The number of nitrogens with one attached hydrogen (secondary N) is 1. The molecule has 1 aliphatic rings. The number of hydrogen-bond acceptors (Lipinski definition) is 2. The normalized spacial score (nSPS) is 19.0. The maximum Gasteiger partial charge on any atom is 0.123 e. The van der Waals surface area contributed by atoms with Gasteiger partial charge in [0, 0.05) is 12.6 Å². The van der Waals surface area contributed by atoms with Crippen molar-refractivity contribution in [2.75, 3.05) is 13.1 Å². The van der Waals surface area contributed by atoms with E-state index < -0.39 is 0 Å². The molecule has 1 aliphatic heterocycles. The summed E-state index contributed by atoms with van der Waals surface area (Å²) in [6, 6.07) is 7.30. The number of benzene rings is 1. The average molecular weight is 271 g/mol. The summed E-state index contributed by atoms with van der Waals surface area (Å²) in [5.74, 6) is -0.166. The first kappa shape index (κ1) is 15.2. The monoisotopic (exact) mass is 270 g/mol. The van der Waals surface area contributed by atoms with Crippen LogP contribution in [0.25, 0.3) is 5.57 Å². The molecule has 0 radical (unpaired) electrons. The van der Waals surface area contributed by atoms with Crippen molar-refractivity contribution in [3.8, 4) is 0 Å². The van der Waals surface area contributed by atoms with Crippen LogP contribution in [-0.4, -0.2) is 19.1 Å². The van der Waals surface area contributed by atoms with Gasteiger partial charge < -0.3 is 11.1 Å². The first-order chi connectivity index (χ1) is 8.29. The molecule has 0 saturated heterocycles. The van der Waals surface area contributed by atoms with E-state index in [1.807, 2.05) is 6.07 Å². The van der Waals surface area contributed by atoms with Crippen molar-refractivity contribution in [2.45, 2.75) is 25.3 Å². The summed E-state index contributed by atoms with van der Waals surface area (Å²) in [5, 5.41) is 3.44. The van der Waals surface area contributed by atoms with Crippen LogP contribution in [0.15, 0.2) is 30.3 Å². The number of hydrogen-bond donors (Lipinski definition) is 2. The molecule has 1 atom stereocenters. The Morgan fingerprint density at radius 1 is 1.39 bits per heavy atom. The van der Waals surface area contributed by atoms with E-state index in [-0.39, 0.29) is 18.2 Å². The van der Waals surface area contributed by atoms with Gasteiger partial charge in [-0.1, -0.05) is 18.2 Å². The zero-order valence-electron chi connectivity index (χ0n) is 10.4. The quantitative estimate of drug-likeness (QED) is 0.883. The summed E-state index contributed by atoms with van der Waals surface area (Å²) in [6.45, 7) is 1.60. The lowest BCUT2D eigenvalue weighted by Crippen LogP contribution is -2.33. The SMILES string of the molecule is Cl.NCCCC1CC(c2cccc(F)c2)=CCN1. The largest absolute Gasteiger partial charge is 0.330 e. The van der Waals surface area contributed by atoms with E-state index in [1.165, 1.54) is 11.6 Å². The Morgan fingerprint density at radius 3 is 2.94 bits per heavy atom. The van der Waals surface area contributed by atoms with Gasteiger partial charge in [0.05, 0.1) is 0 Å². The Labute approximate surface area is 114 Å². The second-order valence-corrected chi connectivity index (χ2v) is 4.48. The van der Waals surface area contributed by atoms with Crippen molar-refractivity contribution >= 4 is 18.0 Å². The van der Waals surface area contributed by atoms with Gasteiger partial charge in [-0.25, -0.2) is 4.39 Å². The molecule has 0 aromatic heterocycles. The first-order valence-electron chi connectivity index (χ1n) is 6.18. The molecule has 0 fully saturated rings. The fraction of sp³-hybridized carbons (Fsp3) is 0.429. The standard InChI is InChI=1S/C14H19FN2.ClH/c15-13-4-1-3-11(9-13)12-6-8-17-14(10-12)5-2-7-16;/h1,3-4,6,9,14,17H,2,5,7-8,10,16H2;1H. The molecule has 0 amide bonds. The van der Waals surface area contributed by atoms with Crippen LogP contribution in [0.1, 0.15) is 24.8 Å². The molecule has 1 unspecified atom stereocenters. The van der Waals surface area contributed by atoms with Gasteiger partial charge in [-0.2, -0.15) is 0 Å². The van der Waals surface area contributed by atoms with Gasteiger partial charge in [0.25, 0.3) is 0 Å². The summed E-state index contributed by atoms with van der Waals surface area (Å²) < 4.78 is 13.2. The van der Waals surface area contributed by atoms with E-state index in [0.29, 0.717) is 6.04 Å². The van der Waals surface area contributed by atoms with Gasteiger partial charge in [-0.15, -0.1) is 12.4 Å². The summed E-state index contributed by atoms with van der Waals surface area (Å²) >= 11 is 0. The van der Waals surface area contributed by atoms with Crippen LogP contribution >= 0.6 is 12.4 Å². The minimum absolute atomic E-state index is 0. The lowest BCUT2D eigenvalue weighted by Gasteiger charge is -2.24. The highest BCUT2D eigenvalue weighted by atomic mass is 35.5. The molecular weight excluding hydrogens is 251 g/mol. The molecule has 2 nitrogen and oxygen atoms in total. The van der Waals surface area contributed by atoms with Crippen molar-refractivity contribution in [1.29, 1.82) is 0 Å². The first-order valence-corrected chi connectivity index (χ1v) is 6.18. The molecule has 0 saturated carbocycles. The lowest BCUT2D eigenvalue weighted by atomic mass is 9.93. The van der Waals surface area contributed by atoms with Crippen molar-refractivity contribution in [2.24, 2.45) is 5.73 Å². The van der Waals surface area contributed by atoms with E-state index in [2.05, 4.69) is 11.4 Å². The summed E-state index contributed by atoms with van der Waals surface area (Å²) in [5.41, 5.74) is 7.76. The van der Waals surface area contributed by atoms with Crippen LogP contribution in [0.2, 0.25) is 0 Å². The van der Waals surface area contributed by atoms with Gasteiger partial charge in [0.2, 0.25) is 0 Å². The fourth-order valence-electron chi connectivity index (χ4n) is 2.26. The third-order valence-electron chi connectivity index (χ3n) is 3.17. The topological polar surface area (TPSA) is 38.0 Å². The summed E-state index contributed by atoms with van der Waals surface area (Å²) in [4.78, 5) is 0. The van der Waals surface area contributed by atoms with Crippen molar-refractivity contribution in [3.05, 3.63) is 41.7 Å². The molecule has 1 heterocycles. The van der Waals surface area contributed by atoms with Crippen molar-refractivity contribution in [1.82, 2.24) is 5.32 Å². The van der Waals surface area contributed by atoms with Crippen molar-refractivity contribution in [3.63, 3.8) is 0 Å². The predicted octanol–water partition coefficient (Wildman–Crippen LogP) is 2.73. The number of nitrogens with two attached hydrogens (primary N) is 1. The van der Waals surface area contributed by atoms with Crippen molar-refractivity contribution < 1.29 is 4.39 Å². The zero-order valence-corrected chi connectivity index (χ0v) is 11.2.